The van der Waals surface area contributed by atoms with E-state index in [1.165, 1.54) is 0 Å². The Labute approximate surface area is 148 Å². The van der Waals surface area contributed by atoms with Crippen LogP contribution >= 0.6 is 0 Å². The van der Waals surface area contributed by atoms with Crippen molar-refractivity contribution in [3.8, 4) is 5.75 Å². The van der Waals surface area contributed by atoms with Gasteiger partial charge in [0.2, 0.25) is 5.91 Å². The smallest absolute Gasteiger partial charge is 0.223 e. The van der Waals surface area contributed by atoms with Crippen molar-refractivity contribution < 1.29 is 14.6 Å². The first-order valence-corrected chi connectivity index (χ1v) is 8.73. The fourth-order valence-corrected chi connectivity index (χ4v) is 3.29. The van der Waals surface area contributed by atoms with E-state index in [1.54, 1.807) is 11.2 Å². The van der Waals surface area contributed by atoms with Crippen molar-refractivity contribution in [2.75, 3.05) is 13.2 Å². The van der Waals surface area contributed by atoms with E-state index in [2.05, 4.69) is 4.98 Å². The summed E-state index contributed by atoms with van der Waals surface area (Å²) in [5.41, 5.74) is 3.14. The molecule has 0 unspecified atom stereocenters. The van der Waals surface area contributed by atoms with Crippen molar-refractivity contribution in [3.05, 3.63) is 47.5 Å². The third-order valence-electron chi connectivity index (χ3n) is 4.73. The van der Waals surface area contributed by atoms with Crippen LogP contribution in [0.15, 0.2) is 30.6 Å². The summed E-state index contributed by atoms with van der Waals surface area (Å²) in [5.74, 6) is 0.904. The zero-order valence-corrected chi connectivity index (χ0v) is 14.8. The van der Waals surface area contributed by atoms with Gasteiger partial charge in [-0.3, -0.25) is 4.79 Å². The first-order valence-electron chi connectivity index (χ1n) is 8.73. The predicted octanol–water partition coefficient (Wildman–Crippen LogP) is 1.70. The number of rotatable bonds is 6. The SMILES string of the molecule is CCOc1ccc(CCC(=O)N2Cc3ncn(C)c3C[C@@H]2CO)cc1. The van der Waals surface area contributed by atoms with Gasteiger partial charge in [-0.15, -0.1) is 0 Å². The number of imidazole rings is 1. The number of benzene rings is 1. The molecular weight excluding hydrogens is 318 g/mol. The highest BCUT2D eigenvalue weighted by Gasteiger charge is 2.31. The van der Waals surface area contributed by atoms with Gasteiger partial charge in [0.05, 0.1) is 37.8 Å². The maximum atomic E-state index is 12.7. The molecule has 134 valence electrons. The summed E-state index contributed by atoms with van der Waals surface area (Å²) < 4.78 is 7.41. The van der Waals surface area contributed by atoms with Gasteiger partial charge in [-0.25, -0.2) is 4.98 Å². The van der Waals surface area contributed by atoms with Crippen LogP contribution in [-0.2, 0) is 31.2 Å². The molecule has 1 aromatic carbocycles. The van der Waals surface area contributed by atoms with Crippen molar-refractivity contribution in [2.24, 2.45) is 7.05 Å². The molecule has 1 aliphatic heterocycles. The van der Waals surface area contributed by atoms with E-state index in [-0.39, 0.29) is 18.6 Å². The first-order chi connectivity index (χ1) is 12.1. The molecule has 25 heavy (non-hydrogen) atoms. The number of aryl methyl sites for hydroxylation is 2. The zero-order valence-electron chi connectivity index (χ0n) is 14.8. The van der Waals surface area contributed by atoms with E-state index < -0.39 is 0 Å². The van der Waals surface area contributed by atoms with Crippen molar-refractivity contribution in [1.82, 2.24) is 14.5 Å². The topological polar surface area (TPSA) is 67.6 Å². The van der Waals surface area contributed by atoms with Crippen LogP contribution in [0.1, 0.15) is 30.3 Å². The number of aromatic nitrogens is 2. The van der Waals surface area contributed by atoms with Crippen LogP contribution in [0.3, 0.4) is 0 Å². The number of amides is 1. The Morgan fingerprint density at radius 2 is 2.12 bits per heavy atom. The molecule has 6 nitrogen and oxygen atoms in total. The number of hydrogen-bond acceptors (Lipinski definition) is 4. The van der Waals surface area contributed by atoms with Crippen LogP contribution in [0.4, 0.5) is 0 Å². The summed E-state index contributed by atoms with van der Waals surface area (Å²) in [4.78, 5) is 18.8. The quantitative estimate of drug-likeness (QED) is 0.867. The van der Waals surface area contributed by atoms with Gasteiger partial charge in [0.15, 0.2) is 0 Å². The molecule has 0 radical (unpaired) electrons. The van der Waals surface area contributed by atoms with E-state index in [9.17, 15) is 9.90 Å². The number of carbonyl (C=O) groups is 1. The first kappa shape index (κ1) is 17.5. The van der Waals surface area contributed by atoms with E-state index in [4.69, 9.17) is 4.74 Å². The van der Waals surface area contributed by atoms with Gasteiger partial charge < -0.3 is 19.3 Å². The van der Waals surface area contributed by atoms with Crippen molar-refractivity contribution in [3.63, 3.8) is 0 Å². The summed E-state index contributed by atoms with van der Waals surface area (Å²) in [6, 6.07) is 7.68. The summed E-state index contributed by atoms with van der Waals surface area (Å²) in [7, 11) is 1.95. The maximum Gasteiger partial charge on any atom is 0.223 e. The molecule has 1 aromatic heterocycles. The number of aliphatic hydroxyl groups is 1. The fraction of sp³-hybridized carbons (Fsp3) is 0.474. The maximum absolute atomic E-state index is 12.7. The number of hydrogen-bond donors (Lipinski definition) is 1. The number of carbonyl (C=O) groups excluding carboxylic acids is 1. The molecule has 3 rings (SSSR count). The van der Waals surface area contributed by atoms with Crippen LogP contribution in [0, 0.1) is 0 Å². The molecule has 0 spiro atoms. The van der Waals surface area contributed by atoms with Crippen LogP contribution in [0.5, 0.6) is 5.75 Å². The van der Waals surface area contributed by atoms with Crippen molar-refractivity contribution in [1.29, 1.82) is 0 Å². The number of ether oxygens (including phenoxy) is 1. The third-order valence-corrected chi connectivity index (χ3v) is 4.73. The normalized spacial score (nSPS) is 16.6. The van der Waals surface area contributed by atoms with Crippen molar-refractivity contribution >= 4 is 5.91 Å². The highest BCUT2D eigenvalue weighted by Crippen LogP contribution is 2.23. The number of nitrogens with zero attached hydrogens (tertiary/aromatic N) is 3. The molecule has 0 bridgehead atoms. The standard InChI is InChI=1S/C19H25N3O3/c1-3-25-16-7-4-14(5-8-16)6-9-19(24)22-11-17-18(10-15(22)12-23)21(2)13-20-17/h4-5,7-8,13,15,23H,3,6,9-12H2,1-2H3/t15-/m1/s1. The molecule has 0 fully saturated rings. The minimum absolute atomic E-state index is 0.0284. The lowest BCUT2D eigenvalue weighted by Crippen LogP contribution is -2.46. The minimum Gasteiger partial charge on any atom is -0.494 e. The molecule has 1 N–H and O–H groups in total. The molecule has 0 saturated carbocycles. The average molecular weight is 343 g/mol. The van der Waals surface area contributed by atoms with Gasteiger partial charge in [-0.05, 0) is 31.0 Å². The van der Waals surface area contributed by atoms with Crippen LogP contribution in [0.2, 0.25) is 0 Å². The fourth-order valence-electron chi connectivity index (χ4n) is 3.29. The Morgan fingerprint density at radius 3 is 2.80 bits per heavy atom. The van der Waals surface area contributed by atoms with Gasteiger partial charge >= 0.3 is 0 Å². The molecule has 6 heteroatoms. The second kappa shape index (κ2) is 7.70. The Bertz CT molecular complexity index is 724. The van der Waals surface area contributed by atoms with Crippen LogP contribution in [0.25, 0.3) is 0 Å². The summed E-state index contributed by atoms with van der Waals surface area (Å²) >= 11 is 0. The molecule has 2 heterocycles. The van der Waals surface area contributed by atoms with E-state index in [0.717, 1.165) is 22.7 Å². The number of aliphatic hydroxyl groups excluding tert-OH is 1. The minimum atomic E-state index is -0.171. The molecule has 0 saturated heterocycles. The van der Waals surface area contributed by atoms with Gasteiger partial charge in [-0.1, -0.05) is 12.1 Å². The van der Waals surface area contributed by atoms with Gasteiger partial charge in [0.1, 0.15) is 5.75 Å². The monoisotopic (exact) mass is 343 g/mol. The van der Waals surface area contributed by atoms with Crippen LogP contribution < -0.4 is 4.74 Å². The van der Waals surface area contributed by atoms with Gasteiger partial charge in [-0.2, -0.15) is 0 Å². The highest BCUT2D eigenvalue weighted by molar-refractivity contribution is 5.77. The Kier molecular flexibility index (Phi) is 5.38. The lowest BCUT2D eigenvalue weighted by Gasteiger charge is -2.34. The second-order valence-electron chi connectivity index (χ2n) is 6.39. The second-order valence-corrected chi connectivity index (χ2v) is 6.39. The van der Waals surface area contributed by atoms with Gasteiger partial charge in [0.25, 0.3) is 0 Å². The average Bonchev–Trinajstić information content (AvgIpc) is 3.00. The molecule has 0 aliphatic carbocycles. The Hall–Kier alpha value is -2.34. The molecule has 2 aromatic rings. The zero-order chi connectivity index (χ0) is 17.8. The molecule has 1 amide bonds. The highest BCUT2D eigenvalue weighted by atomic mass is 16.5. The van der Waals surface area contributed by atoms with Crippen LogP contribution in [-0.4, -0.2) is 44.7 Å². The Morgan fingerprint density at radius 1 is 1.36 bits per heavy atom. The largest absolute Gasteiger partial charge is 0.494 e. The van der Waals surface area contributed by atoms with Crippen molar-refractivity contribution in [2.45, 2.75) is 38.8 Å². The summed E-state index contributed by atoms with van der Waals surface area (Å²) in [6.07, 6.45) is 3.52. The third kappa shape index (κ3) is 3.85. The predicted molar refractivity (Wildman–Crippen MR) is 94.3 cm³/mol. The molecule has 1 atom stereocenters. The van der Waals surface area contributed by atoms with E-state index in [0.29, 0.717) is 32.4 Å². The summed E-state index contributed by atoms with van der Waals surface area (Å²) in [5, 5.41) is 9.69. The molecular formula is C19H25N3O3. The van der Waals surface area contributed by atoms with E-state index in [1.807, 2.05) is 42.8 Å². The van der Waals surface area contributed by atoms with E-state index >= 15 is 0 Å². The number of fused-ring (bicyclic) bond motifs is 1. The lowest BCUT2D eigenvalue weighted by molar-refractivity contribution is -0.135. The molecule has 1 aliphatic rings. The summed E-state index contributed by atoms with van der Waals surface area (Å²) in [6.45, 7) is 3.05. The van der Waals surface area contributed by atoms with Gasteiger partial charge in [0, 0.05) is 25.6 Å². The lowest BCUT2D eigenvalue weighted by atomic mass is 10.0. The Balaban J connectivity index is 1.62.